The van der Waals surface area contributed by atoms with E-state index in [1.807, 2.05) is 0 Å². The Hall–Kier alpha value is -1.55. The molecule has 0 saturated heterocycles. The molecule has 0 amide bonds. The second-order valence-electron chi connectivity index (χ2n) is 6.89. The van der Waals surface area contributed by atoms with E-state index in [1.165, 1.54) is 0 Å². The monoisotopic (exact) mass is 593 g/mol. The standard InChI is InChI=1S/C13H8F21NO/c14-4(15,1-3(36)2-35)5(16,17)6(18,19)7(20,21)8(22,23)9(24,25)10(26,27)11(28,29)12(30,31)13(32,33)34/h3,36H,1-2,35H2. The van der Waals surface area contributed by atoms with Gasteiger partial charge in [-0.05, 0) is 0 Å². The number of hydrogen-bond acceptors (Lipinski definition) is 2. The maximum absolute atomic E-state index is 13.5. The smallest absolute Gasteiger partial charge is 0.392 e. The highest BCUT2D eigenvalue weighted by Crippen LogP contribution is 2.66. The van der Waals surface area contributed by atoms with Crippen LogP contribution in [-0.4, -0.2) is 77.2 Å². The summed E-state index contributed by atoms with van der Waals surface area (Å²) in [5.41, 5.74) is 4.42. The van der Waals surface area contributed by atoms with Gasteiger partial charge < -0.3 is 10.8 Å². The summed E-state index contributed by atoms with van der Waals surface area (Å²) >= 11 is 0. The van der Waals surface area contributed by atoms with E-state index in [-0.39, 0.29) is 0 Å². The van der Waals surface area contributed by atoms with Gasteiger partial charge in [-0.25, -0.2) is 0 Å². The first kappa shape index (κ1) is 34.4. The molecule has 0 aromatic heterocycles. The summed E-state index contributed by atoms with van der Waals surface area (Å²) in [5, 5.41) is 8.67. The lowest BCUT2D eigenvalue weighted by molar-refractivity contribution is -0.474. The van der Waals surface area contributed by atoms with Gasteiger partial charge in [-0.2, -0.15) is 92.2 Å². The third-order valence-electron chi connectivity index (χ3n) is 4.34. The fourth-order valence-electron chi connectivity index (χ4n) is 2.10. The van der Waals surface area contributed by atoms with Crippen molar-refractivity contribution in [3.05, 3.63) is 0 Å². The number of aliphatic hydroxyl groups is 1. The van der Waals surface area contributed by atoms with Gasteiger partial charge in [-0.1, -0.05) is 0 Å². The molecule has 0 aromatic carbocycles. The SMILES string of the molecule is NCC(O)CC(F)(F)C(F)(F)C(F)(F)C(F)(F)C(F)(F)C(F)(F)C(F)(F)C(F)(F)C(F)(F)C(F)(F)F. The van der Waals surface area contributed by atoms with Crippen molar-refractivity contribution in [1.82, 2.24) is 0 Å². The molecule has 1 atom stereocenters. The lowest BCUT2D eigenvalue weighted by Crippen LogP contribution is -2.76. The zero-order valence-corrected chi connectivity index (χ0v) is 16.0. The average Bonchev–Trinajstić information content (AvgIpc) is 2.65. The Morgan fingerprint density at radius 1 is 0.417 bits per heavy atom. The highest BCUT2D eigenvalue weighted by atomic mass is 19.4. The van der Waals surface area contributed by atoms with Crippen LogP contribution in [0.15, 0.2) is 0 Å². The van der Waals surface area contributed by atoms with Gasteiger partial charge in [0.25, 0.3) is 0 Å². The van der Waals surface area contributed by atoms with Crippen molar-refractivity contribution in [2.24, 2.45) is 5.73 Å². The maximum Gasteiger partial charge on any atom is 0.460 e. The van der Waals surface area contributed by atoms with Gasteiger partial charge in [0, 0.05) is 13.0 Å². The average molecular weight is 593 g/mol. The van der Waals surface area contributed by atoms with Gasteiger partial charge in [0.1, 0.15) is 0 Å². The molecule has 0 aromatic rings. The van der Waals surface area contributed by atoms with E-state index >= 15 is 0 Å². The van der Waals surface area contributed by atoms with E-state index in [1.54, 1.807) is 0 Å². The van der Waals surface area contributed by atoms with E-state index in [0.29, 0.717) is 0 Å². The molecule has 0 rings (SSSR count). The van der Waals surface area contributed by atoms with Crippen LogP contribution < -0.4 is 5.73 Å². The van der Waals surface area contributed by atoms with Gasteiger partial charge in [-0.15, -0.1) is 0 Å². The fraction of sp³-hybridized carbons (Fsp3) is 1.00. The van der Waals surface area contributed by atoms with Crippen LogP contribution in [0.2, 0.25) is 0 Å². The molecule has 0 radical (unpaired) electrons. The highest BCUT2D eigenvalue weighted by Gasteiger charge is 2.97. The molecule has 0 fully saturated rings. The van der Waals surface area contributed by atoms with Gasteiger partial charge in [0.15, 0.2) is 0 Å². The van der Waals surface area contributed by atoms with Crippen molar-refractivity contribution < 1.29 is 97.3 Å². The van der Waals surface area contributed by atoms with Crippen LogP contribution in [0.25, 0.3) is 0 Å². The first-order valence-corrected chi connectivity index (χ1v) is 8.06. The van der Waals surface area contributed by atoms with Crippen LogP contribution in [-0.2, 0) is 0 Å². The van der Waals surface area contributed by atoms with Crippen LogP contribution in [0.5, 0.6) is 0 Å². The molecule has 36 heavy (non-hydrogen) atoms. The molecule has 2 nitrogen and oxygen atoms in total. The zero-order chi connectivity index (χ0) is 30.0. The number of alkyl halides is 21. The molecule has 0 saturated carbocycles. The number of aliphatic hydroxyl groups excluding tert-OH is 1. The summed E-state index contributed by atoms with van der Waals surface area (Å²) < 4.78 is 275. The Bertz CT molecular complexity index is 783. The first-order chi connectivity index (χ1) is 15.2. The number of halogens is 21. The summed E-state index contributed by atoms with van der Waals surface area (Å²) in [6.07, 6.45) is -14.2. The highest BCUT2D eigenvalue weighted by molar-refractivity contribution is 5.18. The molecule has 218 valence electrons. The van der Waals surface area contributed by atoms with Gasteiger partial charge >= 0.3 is 59.5 Å². The predicted molar refractivity (Wildman–Crippen MR) is 70.3 cm³/mol. The topological polar surface area (TPSA) is 46.2 Å². The zero-order valence-electron chi connectivity index (χ0n) is 16.0. The minimum Gasteiger partial charge on any atom is -0.392 e. The molecule has 23 heteroatoms. The van der Waals surface area contributed by atoms with E-state index in [4.69, 9.17) is 5.11 Å². The normalized spacial score (nSPS) is 17.4. The third-order valence-corrected chi connectivity index (χ3v) is 4.34. The molecule has 0 aliphatic rings. The number of rotatable bonds is 11. The quantitative estimate of drug-likeness (QED) is 0.290. The predicted octanol–water partition coefficient (Wildman–Crippen LogP) is 5.98. The van der Waals surface area contributed by atoms with E-state index in [0.717, 1.165) is 0 Å². The fourth-order valence-corrected chi connectivity index (χ4v) is 2.10. The van der Waals surface area contributed by atoms with Crippen molar-refractivity contribution in [2.75, 3.05) is 6.54 Å². The molecule has 0 heterocycles. The van der Waals surface area contributed by atoms with E-state index in [2.05, 4.69) is 5.73 Å². The van der Waals surface area contributed by atoms with Crippen LogP contribution >= 0.6 is 0 Å². The minimum atomic E-state index is -9.20. The van der Waals surface area contributed by atoms with Gasteiger partial charge in [0.2, 0.25) is 0 Å². The Morgan fingerprint density at radius 3 is 0.861 bits per heavy atom. The molecular formula is C13H8F21NO. The number of nitrogens with two attached hydrogens (primary N) is 1. The van der Waals surface area contributed by atoms with Crippen LogP contribution in [0.4, 0.5) is 92.2 Å². The Kier molecular flexibility index (Phi) is 8.37. The summed E-state index contributed by atoms with van der Waals surface area (Å²) in [6.45, 7) is -1.55. The van der Waals surface area contributed by atoms with Gasteiger partial charge in [-0.3, -0.25) is 0 Å². The molecule has 0 aliphatic heterocycles. The lowest BCUT2D eigenvalue weighted by atomic mass is 9.85. The van der Waals surface area contributed by atoms with Crippen LogP contribution in [0.1, 0.15) is 6.42 Å². The van der Waals surface area contributed by atoms with E-state index in [9.17, 15) is 92.2 Å². The summed E-state index contributed by atoms with van der Waals surface area (Å²) in [4.78, 5) is 0. The van der Waals surface area contributed by atoms with E-state index < -0.39 is 78.5 Å². The molecule has 0 bridgehead atoms. The lowest BCUT2D eigenvalue weighted by Gasteiger charge is -2.44. The third kappa shape index (κ3) is 4.29. The largest absolute Gasteiger partial charge is 0.460 e. The van der Waals surface area contributed by atoms with Crippen molar-refractivity contribution in [1.29, 1.82) is 0 Å². The summed E-state index contributed by atoms with van der Waals surface area (Å²) in [7, 11) is 0. The van der Waals surface area contributed by atoms with Crippen LogP contribution in [0.3, 0.4) is 0 Å². The Balaban J connectivity index is 7.00. The molecule has 3 N–H and O–H groups in total. The Morgan fingerprint density at radius 2 is 0.639 bits per heavy atom. The van der Waals surface area contributed by atoms with Crippen LogP contribution in [0, 0.1) is 0 Å². The molecule has 0 aliphatic carbocycles. The van der Waals surface area contributed by atoms with Crippen molar-refractivity contribution >= 4 is 0 Å². The molecule has 1 unspecified atom stereocenters. The van der Waals surface area contributed by atoms with Gasteiger partial charge in [0.05, 0.1) is 6.10 Å². The van der Waals surface area contributed by atoms with Crippen molar-refractivity contribution in [3.63, 3.8) is 0 Å². The molecule has 0 spiro atoms. The number of hydrogen-bond donors (Lipinski definition) is 2. The Labute approximate surface area is 183 Å². The van der Waals surface area contributed by atoms with Crippen molar-refractivity contribution in [3.8, 4) is 0 Å². The van der Waals surface area contributed by atoms with Crippen molar-refractivity contribution in [2.45, 2.75) is 72.0 Å². The summed E-state index contributed by atoms with van der Waals surface area (Å²) in [5.74, 6) is -77.4. The molecular weight excluding hydrogens is 585 g/mol. The first-order valence-electron chi connectivity index (χ1n) is 8.06. The maximum atomic E-state index is 13.5. The second kappa shape index (κ2) is 8.75. The minimum absolute atomic E-state index is 1.55. The second-order valence-corrected chi connectivity index (χ2v) is 6.89. The summed E-state index contributed by atoms with van der Waals surface area (Å²) in [6, 6.07) is 0.